The Labute approximate surface area is 208 Å². The van der Waals surface area contributed by atoms with Gasteiger partial charge in [-0.05, 0) is 52.4 Å². The number of hydrogen-bond acceptors (Lipinski definition) is 5. The standard InChI is InChI=1S/C27H37N5OS/c1-7-23(30(5)6)25-28-29-26(31(25)18-21-14-10-8-11-15-21)34-20-24(33)32(27(2,3)4)19-22-16-12-9-13-17-22/h8-17,23H,7,18-20H2,1-6H3. The van der Waals surface area contributed by atoms with Crippen molar-refractivity contribution in [2.45, 2.75) is 63.9 Å². The fraction of sp³-hybridized carbons (Fsp3) is 0.444. The van der Waals surface area contributed by atoms with Crippen LogP contribution in [0, 0.1) is 0 Å². The molecular formula is C27H37N5OS. The van der Waals surface area contributed by atoms with E-state index in [1.54, 1.807) is 0 Å². The topological polar surface area (TPSA) is 54.3 Å². The number of carbonyl (C=O) groups excluding carboxylic acids is 1. The van der Waals surface area contributed by atoms with E-state index in [1.165, 1.54) is 17.3 Å². The molecule has 0 saturated heterocycles. The quantitative estimate of drug-likeness (QED) is 0.371. The van der Waals surface area contributed by atoms with Crippen LogP contribution in [-0.2, 0) is 17.9 Å². The molecule has 6 nitrogen and oxygen atoms in total. The van der Waals surface area contributed by atoms with E-state index in [2.05, 4.69) is 85.7 Å². The molecule has 2 aromatic carbocycles. The Morgan fingerprint density at radius 2 is 1.56 bits per heavy atom. The maximum absolute atomic E-state index is 13.4. The number of hydrogen-bond donors (Lipinski definition) is 0. The van der Waals surface area contributed by atoms with Gasteiger partial charge in [0, 0.05) is 12.1 Å². The molecule has 1 unspecified atom stereocenters. The molecule has 0 spiro atoms. The number of aromatic nitrogens is 3. The van der Waals surface area contributed by atoms with Crippen molar-refractivity contribution < 1.29 is 4.79 Å². The van der Waals surface area contributed by atoms with Gasteiger partial charge < -0.3 is 9.47 Å². The van der Waals surface area contributed by atoms with Crippen LogP contribution >= 0.6 is 11.8 Å². The van der Waals surface area contributed by atoms with E-state index in [0.29, 0.717) is 18.8 Å². The number of nitrogens with zero attached hydrogens (tertiary/aromatic N) is 5. The van der Waals surface area contributed by atoms with Gasteiger partial charge in [-0.1, -0.05) is 79.3 Å². The van der Waals surface area contributed by atoms with Crippen LogP contribution in [0.15, 0.2) is 65.8 Å². The zero-order chi connectivity index (χ0) is 24.7. The Morgan fingerprint density at radius 3 is 2.09 bits per heavy atom. The van der Waals surface area contributed by atoms with E-state index in [1.807, 2.05) is 41.3 Å². The van der Waals surface area contributed by atoms with E-state index in [9.17, 15) is 4.79 Å². The third kappa shape index (κ3) is 6.70. The minimum atomic E-state index is -0.283. The molecule has 0 bridgehead atoms. The van der Waals surface area contributed by atoms with Gasteiger partial charge in [0.1, 0.15) is 0 Å². The Morgan fingerprint density at radius 1 is 0.971 bits per heavy atom. The van der Waals surface area contributed by atoms with E-state index in [0.717, 1.165) is 23.0 Å². The molecule has 0 aliphatic heterocycles. The lowest BCUT2D eigenvalue weighted by molar-refractivity contribution is -0.133. The Bertz CT molecular complexity index is 1040. The second-order valence-corrected chi connectivity index (χ2v) is 10.7. The second kappa shape index (κ2) is 11.7. The molecule has 3 rings (SSSR count). The summed E-state index contributed by atoms with van der Waals surface area (Å²) in [6.45, 7) is 9.67. The van der Waals surface area contributed by atoms with Crippen LogP contribution < -0.4 is 0 Å². The van der Waals surface area contributed by atoms with Crippen LogP contribution in [-0.4, -0.2) is 55.9 Å². The molecule has 0 aliphatic rings. The summed E-state index contributed by atoms with van der Waals surface area (Å²) in [5, 5.41) is 9.87. The minimum Gasteiger partial charge on any atom is -0.333 e. The van der Waals surface area contributed by atoms with Crippen molar-refractivity contribution in [3.63, 3.8) is 0 Å². The van der Waals surface area contributed by atoms with Crippen LogP contribution in [0.2, 0.25) is 0 Å². The Hall–Kier alpha value is -2.64. The lowest BCUT2D eigenvalue weighted by Gasteiger charge is -2.36. The maximum Gasteiger partial charge on any atom is 0.233 e. The van der Waals surface area contributed by atoms with E-state index in [-0.39, 0.29) is 17.5 Å². The number of thioether (sulfide) groups is 1. The minimum absolute atomic E-state index is 0.0943. The largest absolute Gasteiger partial charge is 0.333 e. The van der Waals surface area contributed by atoms with Crippen molar-refractivity contribution in [2.75, 3.05) is 19.8 Å². The van der Waals surface area contributed by atoms with Crippen LogP contribution in [0.3, 0.4) is 0 Å². The summed E-state index contributed by atoms with van der Waals surface area (Å²) < 4.78 is 2.17. The number of amides is 1. The molecule has 3 aromatic rings. The van der Waals surface area contributed by atoms with Crippen molar-refractivity contribution in [1.82, 2.24) is 24.6 Å². The lowest BCUT2D eigenvalue weighted by atomic mass is 10.0. The van der Waals surface area contributed by atoms with Gasteiger partial charge in [0.15, 0.2) is 11.0 Å². The van der Waals surface area contributed by atoms with E-state index >= 15 is 0 Å². The summed E-state index contributed by atoms with van der Waals surface area (Å²) in [6, 6.07) is 20.6. The molecule has 1 heterocycles. The SMILES string of the molecule is CCC(c1nnc(SCC(=O)N(Cc2ccccc2)C(C)(C)C)n1Cc1ccccc1)N(C)C. The predicted molar refractivity (Wildman–Crippen MR) is 140 cm³/mol. The van der Waals surface area contributed by atoms with Crippen molar-refractivity contribution >= 4 is 17.7 Å². The third-order valence-corrected chi connectivity index (χ3v) is 6.81. The molecular weight excluding hydrogens is 442 g/mol. The number of rotatable bonds is 10. The molecule has 1 aromatic heterocycles. The first-order valence-electron chi connectivity index (χ1n) is 11.8. The average Bonchev–Trinajstić information content (AvgIpc) is 3.18. The molecule has 1 atom stereocenters. The number of benzene rings is 2. The van der Waals surface area contributed by atoms with Gasteiger partial charge in [0.25, 0.3) is 0 Å². The van der Waals surface area contributed by atoms with Gasteiger partial charge in [0.2, 0.25) is 5.91 Å². The summed E-state index contributed by atoms with van der Waals surface area (Å²) in [4.78, 5) is 17.5. The van der Waals surface area contributed by atoms with Gasteiger partial charge in [-0.25, -0.2) is 0 Å². The molecule has 0 saturated carbocycles. The molecule has 1 amide bonds. The first-order chi connectivity index (χ1) is 16.2. The zero-order valence-electron chi connectivity index (χ0n) is 21.2. The molecule has 0 N–H and O–H groups in total. The highest BCUT2D eigenvalue weighted by Crippen LogP contribution is 2.27. The van der Waals surface area contributed by atoms with Gasteiger partial charge in [-0.3, -0.25) is 9.69 Å². The molecule has 7 heteroatoms. The van der Waals surface area contributed by atoms with Crippen LogP contribution in [0.25, 0.3) is 0 Å². The van der Waals surface area contributed by atoms with Crippen molar-refractivity contribution in [2.24, 2.45) is 0 Å². The van der Waals surface area contributed by atoms with Crippen LogP contribution in [0.5, 0.6) is 0 Å². The second-order valence-electron chi connectivity index (χ2n) is 9.73. The Balaban J connectivity index is 1.83. The molecule has 0 aliphatic carbocycles. The highest BCUT2D eigenvalue weighted by atomic mass is 32.2. The summed E-state index contributed by atoms with van der Waals surface area (Å²) in [5.74, 6) is 1.34. The summed E-state index contributed by atoms with van der Waals surface area (Å²) >= 11 is 1.47. The zero-order valence-corrected chi connectivity index (χ0v) is 22.0. The van der Waals surface area contributed by atoms with Crippen LogP contribution in [0.1, 0.15) is 57.1 Å². The maximum atomic E-state index is 13.4. The van der Waals surface area contributed by atoms with Gasteiger partial charge in [-0.15, -0.1) is 10.2 Å². The van der Waals surface area contributed by atoms with Gasteiger partial charge >= 0.3 is 0 Å². The first kappa shape index (κ1) is 26.0. The highest BCUT2D eigenvalue weighted by Gasteiger charge is 2.28. The monoisotopic (exact) mass is 479 g/mol. The molecule has 182 valence electrons. The van der Waals surface area contributed by atoms with Crippen LogP contribution in [0.4, 0.5) is 0 Å². The van der Waals surface area contributed by atoms with Crippen molar-refractivity contribution in [3.05, 3.63) is 77.6 Å². The van der Waals surface area contributed by atoms with Crippen molar-refractivity contribution in [1.29, 1.82) is 0 Å². The first-order valence-corrected chi connectivity index (χ1v) is 12.8. The van der Waals surface area contributed by atoms with Crippen molar-refractivity contribution in [3.8, 4) is 0 Å². The normalized spacial score (nSPS) is 12.7. The third-order valence-electron chi connectivity index (χ3n) is 5.86. The average molecular weight is 480 g/mol. The molecule has 34 heavy (non-hydrogen) atoms. The fourth-order valence-electron chi connectivity index (χ4n) is 4.02. The molecule has 0 fully saturated rings. The summed E-state index contributed by atoms with van der Waals surface area (Å²) in [5.41, 5.74) is 2.03. The predicted octanol–water partition coefficient (Wildman–Crippen LogP) is 5.26. The summed E-state index contributed by atoms with van der Waals surface area (Å²) in [6.07, 6.45) is 0.929. The number of carbonyl (C=O) groups is 1. The van der Waals surface area contributed by atoms with E-state index < -0.39 is 0 Å². The lowest BCUT2D eigenvalue weighted by Crippen LogP contribution is -2.45. The van der Waals surface area contributed by atoms with Gasteiger partial charge in [0.05, 0.1) is 18.3 Å². The fourth-order valence-corrected chi connectivity index (χ4v) is 4.84. The van der Waals surface area contributed by atoms with Gasteiger partial charge in [-0.2, -0.15) is 0 Å². The molecule has 0 radical (unpaired) electrons. The highest BCUT2D eigenvalue weighted by molar-refractivity contribution is 7.99. The smallest absolute Gasteiger partial charge is 0.233 e. The van der Waals surface area contributed by atoms with E-state index in [4.69, 9.17) is 0 Å². The summed E-state index contributed by atoms with van der Waals surface area (Å²) in [7, 11) is 4.13. The Kier molecular flexibility index (Phi) is 8.91.